The van der Waals surface area contributed by atoms with Crippen LogP contribution in [0, 0.1) is 29.6 Å². The Labute approximate surface area is 380 Å². The third-order valence-electron chi connectivity index (χ3n) is 14.7. The number of rotatable bonds is 14. The number of carbonyl (C=O) groups excluding carboxylic acids is 4. The highest BCUT2D eigenvalue weighted by molar-refractivity contribution is 5.85. The number of fused-ring (bicyclic) bond motifs is 1. The molecule has 0 saturated carbocycles. The second kappa shape index (κ2) is 22.1. The zero-order valence-corrected chi connectivity index (χ0v) is 41.4. The van der Waals surface area contributed by atoms with E-state index in [0.29, 0.717) is 12.8 Å². The van der Waals surface area contributed by atoms with Crippen LogP contribution in [-0.4, -0.2) is 153 Å². The third kappa shape index (κ3) is 11.5. The maximum absolute atomic E-state index is 14.9. The molecule has 0 aromatic carbocycles. The number of nitrogens with zero attached hydrogens (tertiary/aromatic N) is 5. The van der Waals surface area contributed by atoms with Crippen molar-refractivity contribution in [2.45, 2.75) is 200 Å². The first-order valence-corrected chi connectivity index (χ1v) is 23.2. The van der Waals surface area contributed by atoms with Crippen molar-refractivity contribution >= 4 is 23.8 Å². The van der Waals surface area contributed by atoms with Crippen LogP contribution in [0.5, 0.6) is 0 Å². The first kappa shape index (κ1) is 53.5. The molecule has 4 fully saturated rings. The Morgan fingerprint density at radius 1 is 0.906 bits per heavy atom. The molecule has 0 spiro atoms. The number of ether oxygens (including phenoxy) is 9. The Balaban J connectivity index is 1.89. The lowest BCUT2D eigenvalue weighted by Gasteiger charge is -2.50. The van der Waals surface area contributed by atoms with Gasteiger partial charge < -0.3 is 52.4 Å². The number of azide groups is 1. The van der Waals surface area contributed by atoms with Gasteiger partial charge in [-0.1, -0.05) is 39.7 Å². The molecule has 64 heavy (non-hydrogen) atoms. The van der Waals surface area contributed by atoms with E-state index in [-0.39, 0.29) is 56.2 Å². The van der Waals surface area contributed by atoms with Gasteiger partial charge in [-0.25, -0.2) is 4.79 Å². The van der Waals surface area contributed by atoms with Gasteiger partial charge in [-0.3, -0.25) is 14.4 Å². The second-order valence-corrected chi connectivity index (χ2v) is 19.8. The van der Waals surface area contributed by atoms with Gasteiger partial charge in [0.25, 0.3) is 0 Å². The summed E-state index contributed by atoms with van der Waals surface area (Å²) in [6, 6.07) is -0.682. The molecule has 18 atom stereocenters. The molecule has 4 rings (SSSR count). The number of unbranched alkanes of at least 4 members (excludes halogenated alkanes) is 1. The van der Waals surface area contributed by atoms with Crippen molar-refractivity contribution in [3.8, 4) is 0 Å². The largest absolute Gasteiger partial charge is 0.458 e. The van der Waals surface area contributed by atoms with E-state index in [9.17, 15) is 19.2 Å². The molecule has 18 nitrogen and oxygen atoms in total. The maximum Gasteiger partial charge on any atom is 0.410 e. The summed E-state index contributed by atoms with van der Waals surface area (Å²) in [4.78, 5) is 62.5. The van der Waals surface area contributed by atoms with Gasteiger partial charge in [0.2, 0.25) is 0 Å². The van der Waals surface area contributed by atoms with Crippen LogP contribution >= 0.6 is 0 Å². The normalized spacial score (nSPS) is 42.5. The van der Waals surface area contributed by atoms with E-state index in [1.54, 1.807) is 46.8 Å². The highest BCUT2D eigenvalue weighted by Gasteiger charge is 2.61. The SMILES string of the molecule is CC[C@H]1OC(=O)[C@H](C)[C@@H](OC2CC(C)(OC)C(OC(C)=O)C(C)O2)[C@H](C)[C@@H](OC2OC(C)CC(N(C)C)C2C)[C@@](C)(OC)C[C@@H](C)C(=O)[C@H](C)[C@H]2N(CCCCN=[N+]=[N-])C(=O)O[C@]12C. The first-order chi connectivity index (χ1) is 29.9. The van der Waals surface area contributed by atoms with Crippen molar-refractivity contribution in [1.29, 1.82) is 0 Å². The minimum atomic E-state index is -1.43. The van der Waals surface area contributed by atoms with E-state index in [0.717, 1.165) is 6.42 Å². The minimum absolute atomic E-state index is 0.0860. The molecule has 1 amide bonds. The molecule has 8 unspecified atom stereocenters. The topological polar surface area (TPSA) is 207 Å². The number of ketones is 1. The number of carbonyl (C=O) groups is 4. The quantitative estimate of drug-likeness (QED) is 0.0437. The molecule has 4 aliphatic heterocycles. The van der Waals surface area contributed by atoms with Crippen LogP contribution in [0.25, 0.3) is 10.4 Å². The van der Waals surface area contributed by atoms with Crippen LogP contribution in [0.15, 0.2) is 5.11 Å². The summed E-state index contributed by atoms with van der Waals surface area (Å²) in [5, 5.41) is 3.63. The van der Waals surface area contributed by atoms with Crippen molar-refractivity contribution in [2.75, 3.05) is 41.4 Å². The Morgan fingerprint density at radius 3 is 2.12 bits per heavy atom. The molecule has 4 heterocycles. The van der Waals surface area contributed by atoms with Crippen molar-refractivity contribution in [3.05, 3.63) is 10.4 Å². The highest BCUT2D eigenvalue weighted by Crippen LogP contribution is 2.45. The average molecular weight is 910 g/mol. The van der Waals surface area contributed by atoms with Crippen LogP contribution in [0.1, 0.15) is 122 Å². The molecule has 0 aromatic rings. The standard InChI is InChI=1S/C46H79N5O13/c1-17-34-46(12)38(51(43(55)64-46)21-19-18-20-48-49-47)28(5)36(53)25(2)23-44(10,56-15)39(63-42-27(4)33(50(13)14)22-26(3)58-42)29(6)37(30(7)41(54)61-34)62-35-24-45(11,57-16)40(31(8)59-35)60-32(9)52/h25-31,33-35,37-40,42H,17-24H2,1-16H3/t25-,26?,27?,28+,29+,30-,31?,33?,34-,35?,37+,38-,39-,40?,42?,44+,45?,46-/m1/s1. The molecule has 0 aliphatic carbocycles. The van der Waals surface area contributed by atoms with Crippen LogP contribution in [0.4, 0.5) is 4.79 Å². The summed E-state index contributed by atoms with van der Waals surface area (Å²) in [6.07, 6.45) is -4.16. The summed E-state index contributed by atoms with van der Waals surface area (Å²) in [7, 11) is 7.21. The van der Waals surface area contributed by atoms with E-state index < -0.39 is 108 Å². The first-order valence-electron chi connectivity index (χ1n) is 23.2. The summed E-state index contributed by atoms with van der Waals surface area (Å²) in [6.45, 7) is 22.4. The zero-order chi connectivity index (χ0) is 48.1. The van der Waals surface area contributed by atoms with Crippen molar-refractivity contribution in [1.82, 2.24) is 9.80 Å². The molecular formula is C46H79N5O13. The van der Waals surface area contributed by atoms with E-state index in [1.165, 1.54) is 6.92 Å². The van der Waals surface area contributed by atoms with Crippen LogP contribution in [0.3, 0.4) is 0 Å². The predicted octanol–water partition coefficient (Wildman–Crippen LogP) is 6.84. The number of amides is 1. The monoisotopic (exact) mass is 910 g/mol. The molecule has 18 heteroatoms. The van der Waals surface area contributed by atoms with Crippen molar-refractivity contribution in [3.63, 3.8) is 0 Å². The molecule has 0 bridgehead atoms. The molecule has 366 valence electrons. The average Bonchev–Trinajstić information content (AvgIpc) is 3.50. The summed E-state index contributed by atoms with van der Waals surface area (Å²) >= 11 is 0. The summed E-state index contributed by atoms with van der Waals surface area (Å²) in [5.74, 6) is -4.30. The van der Waals surface area contributed by atoms with Gasteiger partial charge in [0, 0.05) is 75.3 Å². The smallest absolute Gasteiger partial charge is 0.410 e. The fraction of sp³-hybridized carbons (Fsp3) is 0.913. The number of methoxy groups -OCH3 is 2. The van der Waals surface area contributed by atoms with Crippen molar-refractivity contribution < 1.29 is 61.8 Å². The number of hydrogen-bond acceptors (Lipinski definition) is 15. The number of cyclic esters (lactones) is 1. The van der Waals surface area contributed by atoms with Crippen LogP contribution in [0.2, 0.25) is 0 Å². The van der Waals surface area contributed by atoms with E-state index >= 15 is 0 Å². The lowest BCUT2D eigenvalue weighted by atomic mass is 9.73. The fourth-order valence-corrected chi connectivity index (χ4v) is 11.1. The van der Waals surface area contributed by atoms with Gasteiger partial charge in [0.05, 0.1) is 42.0 Å². The number of Topliss-reactive ketones (excluding diaryl/α,β-unsaturated/α-hetero) is 1. The summed E-state index contributed by atoms with van der Waals surface area (Å²) in [5.41, 5.74) is 5.19. The van der Waals surface area contributed by atoms with Gasteiger partial charge in [-0.05, 0) is 93.3 Å². The predicted molar refractivity (Wildman–Crippen MR) is 236 cm³/mol. The van der Waals surface area contributed by atoms with Gasteiger partial charge in [-0.15, -0.1) is 0 Å². The highest BCUT2D eigenvalue weighted by atomic mass is 16.7. The second-order valence-electron chi connectivity index (χ2n) is 19.8. The van der Waals surface area contributed by atoms with Gasteiger partial charge in [0.15, 0.2) is 24.3 Å². The van der Waals surface area contributed by atoms with E-state index in [4.69, 9.17) is 48.2 Å². The van der Waals surface area contributed by atoms with Crippen molar-refractivity contribution in [2.24, 2.45) is 34.7 Å². The Bertz CT molecular complexity index is 1670. The van der Waals surface area contributed by atoms with Crippen LogP contribution in [-0.2, 0) is 57.0 Å². The fourth-order valence-electron chi connectivity index (χ4n) is 11.1. The van der Waals surface area contributed by atoms with Gasteiger partial charge in [0.1, 0.15) is 17.5 Å². The minimum Gasteiger partial charge on any atom is -0.458 e. The lowest BCUT2D eigenvalue weighted by Crippen LogP contribution is -2.61. The van der Waals surface area contributed by atoms with Crippen LogP contribution < -0.4 is 0 Å². The molecule has 0 aromatic heterocycles. The molecular weight excluding hydrogens is 831 g/mol. The third-order valence-corrected chi connectivity index (χ3v) is 14.7. The molecule has 4 aliphatic rings. The maximum atomic E-state index is 14.9. The van der Waals surface area contributed by atoms with E-state index in [2.05, 4.69) is 21.8 Å². The number of hydrogen-bond donors (Lipinski definition) is 0. The van der Waals surface area contributed by atoms with Gasteiger partial charge >= 0.3 is 18.0 Å². The van der Waals surface area contributed by atoms with Gasteiger partial charge in [-0.2, -0.15) is 0 Å². The molecule has 4 saturated heterocycles. The Morgan fingerprint density at radius 2 is 1.55 bits per heavy atom. The molecule has 0 N–H and O–H groups in total. The Hall–Kier alpha value is -3.09. The zero-order valence-electron chi connectivity index (χ0n) is 41.4. The number of esters is 2. The lowest BCUT2D eigenvalue weighted by molar-refractivity contribution is -0.315. The Kier molecular flexibility index (Phi) is 18.5. The van der Waals surface area contributed by atoms with E-state index in [1.807, 2.05) is 55.6 Å². The summed E-state index contributed by atoms with van der Waals surface area (Å²) < 4.78 is 58.1. The molecule has 0 radical (unpaired) electrons.